The molecule has 1 aliphatic rings. The number of hydrogen-bond acceptors (Lipinski definition) is 3. The van der Waals surface area contributed by atoms with Crippen molar-refractivity contribution in [2.75, 3.05) is 13.2 Å². The van der Waals surface area contributed by atoms with Gasteiger partial charge in [0, 0.05) is 12.5 Å². The first kappa shape index (κ1) is 11.6. The third-order valence-electron chi connectivity index (χ3n) is 2.95. The third-order valence-corrected chi connectivity index (χ3v) is 2.95. The lowest BCUT2D eigenvalue weighted by molar-refractivity contribution is -0.151. The van der Waals surface area contributed by atoms with Gasteiger partial charge in [0.15, 0.2) is 0 Å². The summed E-state index contributed by atoms with van der Waals surface area (Å²) in [4.78, 5) is 23.4. The van der Waals surface area contributed by atoms with E-state index in [1.807, 2.05) is 30.3 Å². The summed E-state index contributed by atoms with van der Waals surface area (Å²) >= 11 is 0. The van der Waals surface area contributed by atoms with Crippen molar-refractivity contribution in [3.63, 3.8) is 0 Å². The Balaban J connectivity index is 2.22. The van der Waals surface area contributed by atoms with Crippen molar-refractivity contribution in [2.24, 2.45) is 5.92 Å². The van der Waals surface area contributed by atoms with Crippen molar-refractivity contribution in [1.29, 1.82) is 0 Å². The van der Waals surface area contributed by atoms with Gasteiger partial charge < -0.3 is 10.1 Å². The molecule has 0 bridgehead atoms. The zero-order valence-electron chi connectivity index (χ0n) is 9.68. The van der Waals surface area contributed by atoms with Crippen LogP contribution in [0.25, 0.3) is 0 Å². The highest BCUT2D eigenvalue weighted by Gasteiger charge is 2.41. The highest BCUT2D eigenvalue weighted by atomic mass is 16.5. The summed E-state index contributed by atoms with van der Waals surface area (Å²) < 4.78 is 4.95. The molecule has 0 saturated carbocycles. The Morgan fingerprint density at radius 1 is 1.41 bits per heavy atom. The number of rotatable bonds is 3. The fraction of sp³-hybridized carbons (Fsp3) is 0.385. The second-order valence-electron chi connectivity index (χ2n) is 3.99. The summed E-state index contributed by atoms with van der Waals surface area (Å²) in [5.41, 5.74) is 0.990. The van der Waals surface area contributed by atoms with E-state index in [2.05, 4.69) is 5.32 Å². The van der Waals surface area contributed by atoms with E-state index in [-0.39, 0.29) is 11.8 Å². The second kappa shape index (κ2) is 4.99. The van der Waals surface area contributed by atoms with Gasteiger partial charge in [0.25, 0.3) is 0 Å². The van der Waals surface area contributed by atoms with Gasteiger partial charge >= 0.3 is 5.97 Å². The van der Waals surface area contributed by atoms with Crippen LogP contribution in [0.5, 0.6) is 0 Å². The molecule has 2 atom stereocenters. The van der Waals surface area contributed by atoms with E-state index >= 15 is 0 Å². The largest absolute Gasteiger partial charge is 0.465 e. The van der Waals surface area contributed by atoms with Crippen molar-refractivity contribution in [3.05, 3.63) is 35.9 Å². The zero-order valence-corrected chi connectivity index (χ0v) is 9.68. The minimum Gasteiger partial charge on any atom is -0.465 e. The molecule has 0 aliphatic carbocycles. The molecule has 4 heteroatoms. The molecule has 1 aromatic rings. The minimum absolute atomic E-state index is 0.122. The zero-order chi connectivity index (χ0) is 12.3. The van der Waals surface area contributed by atoms with Crippen LogP contribution in [0.2, 0.25) is 0 Å². The van der Waals surface area contributed by atoms with Crippen LogP contribution in [0.4, 0.5) is 0 Å². The first-order valence-electron chi connectivity index (χ1n) is 5.73. The topological polar surface area (TPSA) is 55.4 Å². The number of carbonyl (C=O) groups is 2. The van der Waals surface area contributed by atoms with E-state index in [0.717, 1.165) is 5.56 Å². The molecule has 4 nitrogen and oxygen atoms in total. The van der Waals surface area contributed by atoms with Crippen LogP contribution in [0, 0.1) is 5.92 Å². The Bertz CT molecular complexity index is 416. The molecule has 90 valence electrons. The molecule has 1 amide bonds. The quantitative estimate of drug-likeness (QED) is 0.628. The van der Waals surface area contributed by atoms with E-state index < -0.39 is 11.9 Å². The van der Waals surface area contributed by atoms with Crippen LogP contribution in [-0.2, 0) is 14.3 Å². The standard InChI is InChI=1S/C13H15NO3/c1-2-17-13(16)11-10(8-14-12(11)15)9-6-4-3-5-7-9/h3-7,10-11H,2,8H2,1H3,(H,14,15)/t10-,11?/m1/s1. The summed E-state index contributed by atoms with van der Waals surface area (Å²) in [5, 5.41) is 2.72. The maximum atomic E-state index is 11.8. The summed E-state index contributed by atoms with van der Waals surface area (Å²) in [7, 11) is 0. The van der Waals surface area contributed by atoms with Gasteiger partial charge in [0.2, 0.25) is 5.91 Å². The van der Waals surface area contributed by atoms with Gasteiger partial charge in [-0.3, -0.25) is 9.59 Å². The highest BCUT2D eigenvalue weighted by molar-refractivity contribution is 6.00. The molecule has 1 aromatic carbocycles. The van der Waals surface area contributed by atoms with E-state index in [1.165, 1.54) is 0 Å². The molecule has 1 fully saturated rings. The maximum absolute atomic E-state index is 11.8. The molecule has 1 unspecified atom stereocenters. The smallest absolute Gasteiger partial charge is 0.319 e. The Hall–Kier alpha value is -1.84. The molecule has 1 heterocycles. The SMILES string of the molecule is CCOC(=O)C1C(=O)NC[C@@H]1c1ccccc1. The Kier molecular flexibility index (Phi) is 3.42. The second-order valence-corrected chi connectivity index (χ2v) is 3.99. The fourth-order valence-electron chi connectivity index (χ4n) is 2.13. The van der Waals surface area contributed by atoms with Crippen LogP contribution in [0.3, 0.4) is 0 Å². The van der Waals surface area contributed by atoms with Gasteiger partial charge in [0.1, 0.15) is 5.92 Å². The molecule has 0 radical (unpaired) electrons. The summed E-state index contributed by atoms with van der Waals surface area (Å²) in [6, 6.07) is 9.57. The number of hydrogen-bond donors (Lipinski definition) is 1. The molecular formula is C13H15NO3. The molecule has 1 aliphatic heterocycles. The van der Waals surface area contributed by atoms with E-state index in [0.29, 0.717) is 13.2 Å². The van der Waals surface area contributed by atoms with Crippen molar-refractivity contribution in [1.82, 2.24) is 5.32 Å². The average molecular weight is 233 g/mol. The molecule has 17 heavy (non-hydrogen) atoms. The summed E-state index contributed by atoms with van der Waals surface area (Å²) in [5.74, 6) is -1.51. The van der Waals surface area contributed by atoms with Gasteiger partial charge in [-0.25, -0.2) is 0 Å². The molecule has 2 rings (SSSR count). The summed E-state index contributed by atoms with van der Waals surface area (Å²) in [6.07, 6.45) is 0. The maximum Gasteiger partial charge on any atom is 0.319 e. The van der Waals surface area contributed by atoms with Crippen molar-refractivity contribution in [3.8, 4) is 0 Å². The summed E-state index contributed by atoms with van der Waals surface area (Å²) in [6.45, 7) is 2.53. The van der Waals surface area contributed by atoms with Gasteiger partial charge in [-0.1, -0.05) is 30.3 Å². The number of benzene rings is 1. The normalized spacial score (nSPS) is 23.2. The average Bonchev–Trinajstić information content (AvgIpc) is 2.73. The first-order valence-corrected chi connectivity index (χ1v) is 5.73. The predicted molar refractivity (Wildman–Crippen MR) is 62.3 cm³/mol. The van der Waals surface area contributed by atoms with Crippen molar-refractivity contribution < 1.29 is 14.3 Å². The van der Waals surface area contributed by atoms with Crippen LogP contribution < -0.4 is 5.32 Å². The molecule has 1 saturated heterocycles. The number of amides is 1. The molecule has 0 spiro atoms. The lowest BCUT2D eigenvalue weighted by atomic mass is 9.89. The van der Waals surface area contributed by atoms with Crippen LogP contribution in [0.15, 0.2) is 30.3 Å². The number of carbonyl (C=O) groups excluding carboxylic acids is 2. The van der Waals surface area contributed by atoms with Gasteiger partial charge in [-0.2, -0.15) is 0 Å². The Morgan fingerprint density at radius 3 is 2.76 bits per heavy atom. The van der Waals surface area contributed by atoms with Crippen LogP contribution in [-0.4, -0.2) is 25.0 Å². The predicted octanol–water partition coefficient (Wildman–Crippen LogP) is 1.08. The van der Waals surface area contributed by atoms with E-state index in [4.69, 9.17) is 4.74 Å². The number of ether oxygens (including phenoxy) is 1. The van der Waals surface area contributed by atoms with E-state index in [1.54, 1.807) is 6.92 Å². The Morgan fingerprint density at radius 2 is 2.12 bits per heavy atom. The van der Waals surface area contributed by atoms with Crippen molar-refractivity contribution in [2.45, 2.75) is 12.8 Å². The van der Waals surface area contributed by atoms with Gasteiger partial charge in [0.05, 0.1) is 6.61 Å². The lowest BCUT2D eigenvalue weighted by Gasteiger charge is -2.15. The lowest BCUT2D eigenvalue weighted by Crippen LogP contribution is -2.28. The van der Waals surface area contributed by atoms with Gasteiger partial charge in [-0.05, 0) is 12.5 Å². The first-order chi connectivity index (χ1) is 8.24. The van der Waals surface area contributed by atoms with Crippen LogP contribution >= 0.6 is 0 Å². The fourth-order valence-corrected chi connectivity index (χ4v) is 2.13. The molecule has 0 aromatic heterocycles. The molecular weight excluding hydrogens is 218 g/mol. The van der Waals surface area contributed by atoms with E-state index in [9.17, 15) is 9.59 Å². The van der Waals surface area contributed by atoms with Gasteiger partial charge in [-0.15, -0.1) is 0 Å². The monoisotopic (exact) mass is 233 g/mol. The minimum atomic E-state index is -0.711. The van der Waals surface area contributed by atoms with Crippen LogP contribution in [0.1, 0.15) is 18.4 Å². The highest BCUT2D eigenvalue weighted by Crippen LogP contribution is 2.29. The van der Waals surface area contributed by atoms with Crippen molar-refractivity contribution >= 4 is 11.9 Å². The number of nitrogens with one attached hydrogen (secondary N) is 1. The number of esters is 1. The molecule has 1 N–H and O–H groups in total. The third kappa shape index (κ3) is 2.30. The Labute approximate surface area is 100.0 Å².